The number of hydrogen-bond donors (Lipinski definition) is 1. The summed E-state index contributed by atoms with van der Waals surface area (Å²) in [6, 6.07) is 5.70. The molecule has 0 amide bonds. The van der Waals surface area contributed by atoms with E-state index in [4.69, 9.17) is 4.74 Å². The van der Waals surface area contributed by atoms with Crippen LogP contribution in [0.15, 0.2) is 24.3 Å². The molecule has 0 radical (unpaired) electrons. The first-order chi connectivity index (χ1) is 8.66. The topological polar surface area (TPSA) is 46.5 Å². The lowest BCUT2D eigenvalue weighted by atomic mass is 9.92. The van der Waals surface area contributed by atoms with E-state index in [1.54, 1.807) is 12.1 Å². The van der Waals surface area contributed by atoms with Crippen molar-refractivity contribution in [3.05, 3.63) is 35.6 Å². The fourth-order valence-electron chi connectivity index (χ4n) is 2.35. The minimum Gasteiger partial charge on any atom is -0.481 e. The largest absolute Gasteiger partial charge is 0.481 e. The maximum absolute atomic E-state index is 12.8. The van der Waals surface area contributed by atoms with Crippen molar-refractivity contribution in [3.8, 4) is 0 Å². The third-order valence-electron chi connectivity index (χ3n) is 3.37. The van der Waals surface area contributed by atoms with Crippen LogP contribution in [0.25, 0.3) is 0 Å². The van der Waals surface area contributed by atoms with Crippen LogP contribution < -0.4 is 0 Å². The van der Waals surface area contributed by atoms with E-state index >= 15 is 0 Å². The molecule has 1 N–H and O–H groups in total. The maximum Gasteiger partial charge on any atom is 0.310 e. The zero-order chi connectivity index (χ0) is 13.0. The number of carboxylic acids is 1. The Morgan fingerprint density at radius 2 is 2.17 bits per heavy atom. The van der Waals surface area contributed by atoms with E-state index in [-0.39, 0.29) is 11.9 Å². The fraction of sp³-hybridized carbons (Fsp3) is 0.500. The van der Waals surface area contributed by atoms with Crippen molar-refractivity contribution in [1.29, 1.82) is 0 Å². The van der Waals surface area contributed by atoms with Crippen molar-refractivity contribution in [2.75, 3.05) is 6.61 Å². The average Bonchev–Trinajstić information content (AvgIpc) is 2.84. The molecule has 2 rings (SSSR count). The highest BCUT2D eigenvalue weighted by Gasteiger charge is 2.23. The van der Waals surface area contributed by atoms with Crippen molar-refractivity contribution in [2.24, 2.45) is 0 Å². The van der Waals surface area contributed by atoms with Crippen LogP contribution in [0.2, 0.25) is 0 Å². The Morgan fingerprint density at radius 3 is 2.72 bits per heavy atom. The molecule has 98 valence electrons. The van der Waals surface area contributed by atoms with Gasteiger partial charge in [0.25, 0.3) is 0 Å². The van der Waals surface area contributed by atoms with Crippen LogP contribution in [-0.2, 0) is 9.53 Å². The highest BCUT2D eigenvalue weighted by atomic mass is 19.1. The minimum atomic E-state index is -0.861. The number of aliphatic carboxylic acids is 1. The van der Waals surface area contributed by atoms with Crippen LogP contribution in [0.1, 0.15) is 37.2 Å². The van der Waals surface area contributed by atoms with Gasteiger partial charge in [0.05, 0.1) is 12.0 Å². The summed E-state index contributed by atoms with van der Waals surface area (Å²) in [4.78, 5) is 11.3. The molecule has 0 bridgehead atoms. The van der Waals surface area contributed by atoms with Gasteiger partial charge in [-0.1, -0.05) is 12.1 Å². The van der Waals surface area contributed by atoms with Gasteiger partial charge in [0.2, 0.25) is 0 Å². The van der Waals surface area contributed by atoms with Gasteiger partial charge in [0.1, 0.15) is 5.82 Å². The number of halogens is 1. The summed E-state index contributed by atoms with van der Waals surface area (Å²) in [5.41, 5.74) is 0.655. The Labute approximate surface area is 106 Å². The quantitative estimate of drug-likeness (QED) is 0.876. The van der Waals surface area contributed by atoms with Crippen molar-refractivity contribution in [3.63, 3.8) is 0 Å². The van der Waals surface area contributed by atoms with Gasteiger partial charge in [-0.15, -0.1) is 0 Å². The van der Waals surface area contributed by atoms with Gasteiger partial charge < -0.3 is 9.84 Å². The van der Waals surface area contributed by atoms with Crippen LogP contribution >= 0.6 is 0 Å². The number of benzene rings is 1. The molecule has 4 heteroatoms. The second-order valence-electron chi connectivity index (χ2n) is 4.65. The summed E-state index contributed by atoms with van der Waals surface area (Å²) in [6.07, 6.45) is 3.53. The summed E-state index contributed by atoms with van der Waals surface area (Å²) in [5, 5.41) is 9.24. The van der Waals surface area contributed by atoms with Gasteiger partial charge in [0, 0.05) is 6.61 Å². The van der Waals surface area contributed by atoms with Gasteiger partial charge in [-0.2, -0.15) is 0 Å². The second kappa shape index (κ2) is 5.96. The highest BCUT2D eigenvalue weighted by molar-refractivity contribution is 5.76. The third-order valence-corrected chi connectivity index (χ3v) is 3.37. The van der Waals surface area contributed by atoms with Crippen LogP contribution in [0.4, 0.5) is 4.39 Å². The zero-order valence-corrected chi connectivity index (χ0v) is 10.1. The molecule has 2 atom stereocenters. The molecule has 1 heterocycles. The molecule has 1 saturated heterocycles. The SMILES string of the molecule is O=C(O)C(CCC1CCCO1)c1ccc(F)cc1. The van der Waals surface area contributed by atoms with E-state index in [1.807, 2.05) is 0 Å². The standard InChI is InChI=1S/C14H17FO3/c15-11-5-3-10(4-6-11)13(14(16)17)8-7-12-2-1-9-18-12/h3-6,12-13H,1-2,7-9H2,(H,16,17). The number of hydrogen-bond acceptors (Lipinski definition) is 2. The molecule has 1 fully saturated rings. The van der Waals surface area contributed by atoms with E-state index in [1.165, 1.54) is 12.1 Å². The van der Waals surface area contributed by atoms with Gasteiger partial charge in [-0.05, 0) is 43.4 Å². The highest BCUT2D eigenvalue weighted by Crippen LogP contribution is 2.26. The van der Waals surface area contributed by atoms with Crippen molar-refractivity contribution in [2.45, 2.75) is 37.7 Å². The molecule has 1 aliphatic rings. The Morgan fingerprint density at radius 1 is 1.44 bits per heavy atom. The lowest BCUT2D eigenvalue weighted by Gasteiger charge is -2.15. The smallest absolute Gasteiger partial charge is 0.310 e. The molecule has 18 heavy (non-hydrogen) atoms. The van der Waals surface area contributed by atoms with Gasteiger partial charge >= 0.3 is 5.97 Å². The summed E-state index contributed by atoms with van der Waals surface area (Å²) in [7, 11) is 0. The summed E-state index contributed by atoms with van der Waals surface area (Å²) < 4.78 is 18.3. The number of ether oxygens (including phenoxy) is 1. The molecule has 0 spiro atoms. The lowest BCUT2D eigenvalue weighted by molar-refractivity contribution is -0.139. The normalized spacial score (nSPS) is 20.8. The third kappa shape index (κ3) is 3.29. The number of rotatable bonds is 5. The Balaban J connectivity index is 1.99. The van der Waals surface area contributed by atoms with Gasteiger partial charge in [-0.3, -0.25) is 4.79 Å². The lowest BCUT2D eigenvalue weighted by Crippen LogP contribution is -2.15. The fourth-order valence-corrected chi connectivity index (χ4v) is 2.35. The summed E-state index contributed by atoms with van der Waals surface area (Å²) >= 11 is 0. The predicted molar refractivity (Wildman–Crippen MR) is 65.0 cm³/mol. The number of carboxylic acid groups (broad SMARTS) is 1. The Bertz CT molecular complexity index is 396. The van der Waals surface area contributed by atoms with E-state index < -0.39 is 11.9 Å². The molecule has 0 saturated carbocycles. The molecular weight excluding hydrogens is 235 g/mol. The molecule has 1 aliphatic heterocycles. The summed E-state index contributed by atoms with van der Waals surface area (Å²) in [6.45, 7) is 0.777. The monoisotopic (exact) mass is 252 g/mol. The molecule has 2 unspecified atom stereocenters. The van der Waals surface area contributed by atoms with Crippen LogP contribution in [0, 0.1) is 5.82 Å². The molecule has 1 aromatic rings. The molecule has 0 aromatic heterocycles. The van der Waals surface area contributed by atoms with Crippen LogP contribution in [0.5, 0.6) is 0 Å². The van der Waals surface area contributed by atoms with E-state index in [0.29, 0.717) is 12.0 Å². The van der Waals surface area contributed by atoms with E-state index in [9.17, 15) is 14.3 Å². The zero-order valence-electron chi connectivity index (χ0n) is 10.1. The first kappa shape index (κ1) is 13.0. The molecule has 3 nitrogen and oxygen atoms in total. The maximum atomic E-state index is 12.8. The number of carbonyl (C=O) groups is 1. The van der Waals surface area contributed by atoms with E-state index in [0.717, 1.165) is 25.9 Å². The molecular formula is C14H17FO3. The first-order valence-corrected chi connectivity index (χ1v) is 6.26. The van der Waals surface area contributed by atoms with Gasteiger partial charge in [0.15, 0.2) is 0 Å². The molecule has 1 aromatic carbocycles. The predicted octanol–water partition coefficient (Wildman–Crippen LogP) is 2.95. The Hall–Kier alpha value is -1.42. The van der Waals surface area contributed by atoms with Crippen LogP contribution in [0.3, 0.4) is 0 Å². The van der Waals surface area contributed by atoms with Crippen molar-refractivity contribution >= 4 is 5.97 Å². The summed E-state index contributed by atoms with van der Waals surface area (Å²) in [5.74, 6) is -1.78. The van der Waals surface area contributed by atoms with Crippen molar-refractivity contribution < 1.29 is 19.0 Å². The second-order valence-corrected chi connectivity index (χ2v) is 4.65. The average molecular weight is 252 g/mol. The first-order valence-electron chi connectivity index (χ1n) is 6.26. The van der Waals surface area contributed by atoms with E-state index in [2.05, 4.69) is 0 Å². The van der Waals surface area contributed by atoms with Gasteiger partial charge in [-0.25, -0.2) is 4.39 Å². The minimum absolute atomic E-state index is 0.187. The van der Waals surface area contributed by atoms with Crippen LogP contribution in [-0.4, -0.2) is 23.8 Å². The van der Waals surface area contributed by atoms with Crippen molar-refractivity contribution in [1.82, 2.24) is 0 Å². The Kier molecular flexibility index (Phi) is 4.31. The molecule has 0 aliphatic carbocycles.